The van der Waals surface area contributed by atoms with Crippen LogP contribution < -0.4 is 10.6 Å². The number of hydrogen-bond acceptors (Lipinski definition) is 8. The van der Waals surface area contributed by atoms with E-state index in [0.29, 0.717) is 22.3 Å². The highest BCUT2D eigenvalue weighted by molar-refractivity contribution is 8.01. The van der Waals surface area contributed by atoms with Gasteiger partial charge in [0.15, 0.2) is 10.9 Å². The predicted molar refractivity (Wildman–Crippen MR) is 150 cm³/mol. The fraction of sp³-hybridized carbons (Fsp3) is 0.222. The van der Waals surface area contributed by atoms with Crippen molar-refractivity contribution in [1.29, 1.82) is 0 Å². The van der Waals surface area contributed by atoms with Crippen molar-refractivity contribution in [2.75, 3.05) is 10.6 Å². The predicted octanol–water partition coefficient (Wildman–Crippen LogP) is 7.39. The largest absolute Gasteiger partial charge is 0.325 e. The average Bonchev–Trinajstić information content (AvgIpc) is 3.59. The van der Waals surface area contributed by atoms with Crippen LogP contribution >= 0.6 is 34.9 Å². The van der Waals surface area contributed by atoms with Crippen molar-refractivity contribution in [3.05, 3.63) is 84.4 Å². The molecule has 37 heavy (non-hydrogen) atoms. The van der Waals surface area contributed by atoms with Gasteiger partial charge >= 0.3 is 6.03 Å². The molecule has 1 saturated carbocycles. The van der Waals surface area contributed by atoms with Gasteiger partial charge in [0.25, 0.3) is 0 Å². The van der Waals surface area contributed by atoms with Crippen LogP contribution in [0.15, 0.2) is 87.2 Å². The van der Waals surface area contributed by atoms with E-state index in [1.54, 1.807) is 36.3 Å². The zero-order valence-corrected chi connectivity index (χ0v) is 22.4. The van der Waals surface area contributed by atoms with Gasteiger partial charge in [0.05, 0.1) is 15.6 Å². The number of Topliss-reactive ketones (excluding diaryl/α,β-unsaturated/α-hetero) is 1. The molecule has 5 rings (SSSR count). The maximum absolute atomic E-state index is 13.0. The quantitative estimate of drug-likeness (QED) is 0.166. The molecule has 1 aliphatic rings. The van der Waals surface area contributed by atoms with Crippen molar-refractivity contribution >= 4 is 57.5 Å². The number of thiazole rings is 1. The van der Waals surface area contributed by atoms with Crippen LogP contribution in [0.25, 0.3) is 0 Å². The summed E-state index contributed by atoms with van der Waals surface area (Å²) in [7, 11) is 0. The molecule has 0 bridgehead atoms. The van der Waals surface area contributed by atoms with E-state index in [-0.39, 0.29) is 11.7 Å². The van der Waals surface area contributed by atoms with E-state index in [1.165, 1.54) is 23.1 Å². The molecule has 7 nitrogen and oxygen atoms in total. The number of benzene rings is 1. The third-order valence-corrected chi connectivity index (χ3v) is 9.05. The number of amides is 2. The first kappa shape index (κ1) is 25.4. The first-order valence-electron chi connectivity index (χ1n) is 12.0. The number of pyridine rings is 2. The van der Waals surface area contributed by atoms with Crippen molar-refractivity contribution in [3.8, 4) is 0 Å². The van der Waals surface area contributed by atoms with Crippen LogP contribution in [-0.2, 0) is 5.75 Å². The molecule has 0 radical (unpaired) electrons. The molecular formula is C27H25N5O2S3. The van der Waals surface area contributed by atoms with Crippen molar-refractivity contribution in [3.63, 3.8) is 0 Å². The molecule has 1 aromatic carbocycles. The molecule has 0 saturated heterocycles. The number of urea groups is 1. The lowest BCUT2D eigenvalue weighted by Crippen LogP contribution is -2.22. The lowest BCUT2D eigenvalue weighted by atomic mass is 9.99. The van der Waals surface area contributed by atoms with Crippen molar-refractivity contribution in [2.45, 2.75) is 45.6 Å². The summed E-state index contributed by atoms with van der Waals surface area (Å²) >= 11 is 4.62. The van der Waals surface area contributed by atoms with Gasteiger partial charge in [0, 0.05) is 29.0 Å². The summed E-state index contributed by atoms with van der Waals surface area (Å²) in [6.07, 6.45) is 7.21. The van der Waals surface area contributed by atoms with Crippen molar-refractivity contribution in [1.82, 2.24) is 15.0 Å². The number of nitrogens with zero attached hydrogens (tertiary/aromatic N) is 3. The van der Waals surface area contributed by atoms with E-state index in [2.05, 4.69) is 32.7 Å². The molecule has 1 aliphatic carbocycles. The van der Waals surface area contributed by atoms with Crippen molar-refractivity contribution in [2.24, 2.45) is 5.92 Å². The Hall–Kier alpha value is -3.21. The zero-order valence-electron chi connectivity index (χ0n) is 19.9. The van der Waals surface area contributed by atoms with Gasteiger partial charge in [-0.25, -0.2) is 14.8 Å². The molecule has 0 atom stereocenters. The van der Waals surface area contributed by atoms with Gasteiger partial charge in [-0.1, -0.05) is 60.2 Å². The first-order valence-corrected chi connectivity index (χ1v) is 14.6. The van der Waals surface area contributed by atoms with Gasteiger partial charge in [-0.3, -0.25) is 15.1 Å². The molecule has 4 aromatic rings. The van der Waals surface area contributed by atoms with Gasteiger partial charge < -0.3 is 5.32 Å². The molecule has 2 amide bonds. The maximum atomic E-state index is 13.0. The Labute approximate surface area is 227 Å². The summed E-state index contributed by atoms with van der Waals surface area (Å²) in [6.45, 7) is 0. The second kappa shape index (κ2) is 12.4. The number of nitrogens with one attached hydrogen (secondary N) is 2. The smallest absolute Gasteiger partial charge is 0.305 e. The van der Waals surface area contributed by atoms with Crippen LogP contribution in [-0.4, -0.2) is 26.8 Å². The second-order valence-electron chi connectivity index (χ2n) is 8.45. The standard InChI is InChI=1S/C27H25N5O2S3/c33-24(18-9-4-5-10-18)23-20(13-8-16-29-23)30-26(34)32-27-31-21(17-35-19-11-2-1-3-12-19)25(37-27)36-22-14-6-7-15-28-22/h1-3,6-8,11-16,18H,4-5,9-10,17H2,(H2,30,31,32,34). The van der Waals surface area contributed by atoms with E-state index in [0.717, 1.165) is 45.5 Å². The van der Waals surface area contributed by atoms with Gasteiger partial charge in [0.1, 0.15) is 10.7 Å². The van der Waals surface area contributed by atoms with Crippen LogP contribution in [0.1, 0.15) is 41.9 Å². The van der Waals surface area contributed by atoms with E-state index in [4.69, 9.17) is 4.98 Å². The molecule has 1 fully saturated rings. The van der Waals surface area contributed by atoms with Gasteiger partial charge in [-0.05, 0) is 49.2 Å². The number of hydrogen-bond donors (Lipinski definition) is 2. The fourth-order valence-electron chi connectivity index (χ4n) is 4.07. The summed E-state index contributed by atoms with van der Waals surface area (Å²) in [4.78, 5) is 40.4. The SMILES string of the molecule is O=C(Nc1nc(CSc2ccccc2)c(Sc2ccccn2)s1)Nc1cccnc1C(=O)C1CCCC1. The van der Waals surface area contributed by atoms with Gasteiger partial charge in [0.2, 0.25) is 0 Å². The highest BCUT2D eigenvalue weighted by atomic mass is 32.2. The fourth-order valence-corrected chi connectivity index (χ4v) is 7.17. The van der Waals surface area contributed by atoms with Crippen LogP contribution in [0.4, 0.5) is 15.6 Å². The van der Waals surface area contributed by atoms with Crippen LogP contribution in [0, 0.1) is 5.92 Å². The Morgan fingerprint density at radius 3 is 2.49 bits per heavy atom. The third kappa shape index (κ3) is 6.76. The molecule has 2 N–H and O–H groups in total. The molecule has 3 aromatic heterocycles. The van der Waals surface area contributed by atoms with Gasteiger partial charge in [-0.2, -0.15) is 0 Å². The Morgan fingerprint density at radius 1 is 0.919 bits per heavy atom. The minimum Gasteiger partial charge on any atom is -0.305 e. The van der Waals surface area contributed by atoms with E-state index in [9.17, 15) is 9.59 Å². The van der Waals surface area contributed by atoms with E-state index < -0.39 is 6.03 Å². The number of aromatic nitrogens is 3. The van der Waals surface area contributed by atoms with E-state index in [1.807, 2.05) is 36.4 Å². The second-order valence-corrected chi connectivity index (χ2v) is 11.8. The Bertz CT molecular complexity index is 1360. The topological polar surface area (TPSA) is 96.9 Å². The Morgan fingerprint density at radius 2 is 1.70 bits per heavy atom. The number of ketones is 1. The minimum absolute atomic E-state index is 0.00285. The number of rotatable bonds is 9. The maximum Gasteiger partial charge on any atom is 0.325 e. The number of carbonyl (C=O) groups excluding carboxylic acids is 2. The number of thioether (sulfide) groups is 1. The molecule has 3 heterocycles. The van der Waals surface area contributed by atoms with Crippen LogP contribution in [0.3, 0.4) is 0 Å². The van der Waals surface area contributed by atoms with Crippen molar-refractivity contribution < 1.29 is 9.59 Å². The Kier molecular flexibility index (Phi) is 8.49. The Balaban J connectivity index is 1.31. The molecule has 0 spiro atoms. The van der Waals surface area contributed by atoms with Gasteiger partial charge in [-0.15, -0.1) is 11.8 Å². The van der Waals surface area contributed by atoms with Crippen LogP contribution in [0.2, 0.25) is 0 Å². The summed E-state index contributed by atoms with van der Waals surface area (Å²) < 4.78 is 0.968. The van der Waals surface area contributed by atoms with Crippen LogP contribution in [0.5, 0.6) is 0 Å². The number of carbonyl (C=O) groups is 2. The minimum atomic E-state index is -0.459. The number of anilines is 2. The molecule has 188 valence electrons. The third-order valence-electron chi connectivity index (χ3n) is 5.85. The lowest BCUT2D eigenvalue weighted by Gasteiger charge is -2.12. The lowest BCUT2D eigenvalue weighted by molar-refractivity contribution is 0.0918. The molecule has 10 heteroatoms. The highest BCUT2D eigenvalue weighted by Gasteiger charge is 2.27. The normalized spacial score (nSPS) is 13.4. The summed E-state index contributed by atoms with van der Waals surface area (Å²) in [5.41, 5.74) is 1.61. The summed E-state index contributed by atoms with van der Waals surface area (Å²) in [5, 5.41) is 6.99. The summed E-state index contributed by atoms with van der Waals surface area (Å²) in [6, 6.07) is 18.9. The summed E-state index contributed by atoms with van der Waals surface area (Å²) in [5.74, 6) is 0.631. The zero-order chi connectivity index (χ0) is 25.5. The molecule has 0 unspecified atom stereocenters. The highest BCUT2D eigenvalue weighted by Crippen LogP contribution is 2.39. The van der Waals surface area contributed by atoms with E-state index >= 15 is 0 Å². The average molecular weight is 548 g/mol. The molecule has 0 aliphatic heterocycles. The monoisotopic (exact) mass is 547 g/mol. The molecular weight excluding hydrogens is 523 g/mol. The first-order chi connectivity index (χ1) is 18.2.